The molecule has 0 aromatic carbocycles. The fourth-order valence-corrected chi connectivity index (χ4v) is 1.13. The van der Waals surface area contributed by atoms with E-state index in [9.17, 15) is 0 Å². The highest BCUT2D eigenvalue weighted by atomic mass is 79.9. The first-order chi connectivity index (χ1) is 5.13. The molecule has 0 aliphatic heterocycles. The summed E-state index contributed by atoms with van der Waals surface area (Å²) in [4.78, 5) is 0. The standard InChI is InChI=1S/C5H10N4S2.BrH/c6-4(7)10-2-1-3-11-5(8)9;/h1-2H,3H2,(H3,6,7)(H3,8,9);1H/b2-1+;. The van der Waals surface area contributed by atoms with E-state index >= 15 is 0 Å². The fraction of sp³-hybridized carbons (Fsp3) is 0.200. The molecule has 0 rings (SSSR count). The minimum absolute atomic E-state index is 0. The van der Waals surface area contributed by atoms with Crippen LogP contribution in [0.15, 0.2) is 11.5 Å². The van der Waals surface area contributed by atoms with Crippen molar-refractivity contribution in [3.63, 3.8) is 0 Å². The van der Waals surface area contributed by atoms with Crippen molar-refractivity contribution in [1.82, 2.24) is 0 Å². The lowest BCUT2D eigenvalue weighted by Crippen LogP contribution is -2.03. The van der Waals surface area contributed by atoms with E-state index in [0.29, 0.717) is 5.75 Å². The van der Waals surface area contributed by atoms with Crippen molar-refractivity contribution < 1.29 is 0 Å². The molecule has 0 heterocycles. The Morgan fingerprint density at radius 1 is 1.25 bits per heavy atom. The molecule has 7 heteroatoms. The van der Waals surface area contributed by atoms with Crippen molar-refractivity contribution in [2.45, 2.75) is 0 Å². The molecular weight excluding hydrogens is 260 g/mol. The van der Waals surface area contributed by atoms with Gasteiger partial charge in [0, 0.05) is 5.75 Å². The molecule has 0 unspecified atom stereocenters. The quantitative estimate of drug-likeness (QED) is 0.459. The predicted octanol–water partition coefficient (Wildman–Crippen LogP) is 1.33. The van der Waals surface area contributed by atoms with Gasteiger partial charge in [0.15, 0.2) is 10.3 Å². The van der Waals surface area contributed by atoms with E-state index in [1.54, 1.807) is 11.5 Å². The van der Waals surface area contributed by atoms with E-state index in [1.165, 1.54) is 11.8 Å². The number of halogens is 1. The molecule has 0 bridgehead atoms. The summed E-state index contributed by atoms with van der Waals surface area (Å²) in [5, 5.41) is 15.5. The summed E-state index contributed by atoms with van der Waals surface area (Å²) >= 11 is 2.37. The fourth-order valence-electron chi connectivity index (χ4n) is 0.299. The van der Waals surface area contributed by atoms with Crippen molar-refractivity contribution in [2.75, 3.05) is 5.75 Å². The van der Waals surface area contributed by atoms with Gasteiger partial charge in [-0.2, -0.15) is 0 Å². The second kappa shape index (κ2) is 8.95. The lowest BCUT2D eigenvalue weighted by atomic mass is 10.8. The van der Waals surface area contributed by atoms with Gasteiger partial charge in [-0.15, -0.1) is 17.0 Å². The molecule has 70 valence electrons. The molecule has 6 N–H and O–H groups in total. The average Bonchev–Trinajstić information content (AvgIpc) is 1.85. The number of nitrogens with two attached hydrogens (primary N) is 2. The highest BCUT2D eigenvalue weighted by Crippen LogP contribution is 2.03. The van der Waals surface area contributed by atoms with Gasteiger partial charge in [-0.25, -0.2) is 0 Å². The minimum Gasteiger partial charge on any atom is -0.379 e. The third-order valence-corrected chi connectivity index (χ3v) is 1.88. The number of nitrogens with one attached hydrogen (secondary N) is 2. The van der Waals surface area contributed by atoms with Crippen molar-refractivity contribution in [1.29, 1.82) is 10.8 Å². The largest absolute Gasteiger partial charge is 0.379 e. The summed E-state index contributed by atoms with van der Waals surface area (Å²) in [5.74, 6) is 0.648. The third-order valence-electron chi connectivity index (χ3n) is 0.626. The molecule has 0 atom stereocenters. The van der Waals surface area contributed by atoms with Gasteiger partial charge in [0.05, 0.1) is 0 Å². The SMILES string of the molecule is Br.N=C(N)S/C=C/CSC(=N)N. The van der Waals surface area contributed by atoms with Crippen LogP contribution in [0.5, 0.6) is 0 Å². The molecule has 12 heavy (non-hydrogen) atoms. The van der Waals surface area contributed by atoms with Gasteiger partial charge in [-0.1, -0.05) is 29.6 Å². The van der Waals surface area contributed by atoms with Crippen LogP contribution in [-0.4, -0.2) is 16.1 Å². The van der Waals surface area contributed by atoms with Crippen molar-refractivity contribution in [3.8, 4) is 0 Å². The summed E-state index contributed by atoms with van der Waals surface area (Å²) in [6.07, 6.45) is 1.80. The molecule has 0 saturated carbocycles. The van der Waals surface area contributed by atoms with E-state index in [1.807, 2.05) is 0 Å². The average molecular weight is 271 g/mol. The molecule has 0 radical (unpaired) electrons. The molecule has 0 fully saturated rings. The lowest BCUT2D eigenvalue weighted by Gasteiger charge is -1.90. The molecule has 0 amide bonds. The summed E-state index contributed by atoms with van der Waals surface area (Å²) in [6.45, 7) is 0. The van der Waals surface area contributed by atoms with Crippen LogP contribution in [0.4, 0.5) is 0 Å². The van der Waals surface area contributed by atoms with Gasteiger partial charge >= 0.3 is 0 Å². The maximum Gasteiger partial charge on any atom is 0.155 e. The first-order valence-corrected chi connectivity index (χ1v) is 4.62. The van der Waals surface area contributed by atoms with E-state index in [0.717, 1.165) is 11.8 Å². The number of rotatable bonds is 3. The maximum absolute atomic E-state index is 6.85. The highest BCUT2D eigenvalue weighted by Gasteiger charge is 1.86. The Bertz CT molecular complexity index is 182. The van der Waals surface area contributed by atoms with Crippen molar-refractivity contribution in [2.24, 2.45) is 11.5 Å². The van der Waals surface area contributed by atoms with E-state index < -0.39 is 0 Å². The molecule has 0 saturated heterocycles. The minimum atomic E-state index is 0. The second-order valence-electron chi connectivity index (χ2n) is 1.53. The molecule has 0 aliphatic rings. The predicted molar refractivity (Wildman–Crippen MR) is 63.3 cm³/mol. The lowest BCUT2D eigenvalue weighted by molar-refractivity contribution is 1.50. The first-order valence-electron chi connectivity index (χ1n) is 2.75. The van der Waals surface area contributed by atoms with Gasteiger partial charge in [-0.05, 0) is 5.41 Å². The van der Waals surface area contributed by atoms with Crippen LogP contribution in [-0.2, 0) is 0 Å². The van der Waals surface area contributed by atoms with Gasteiger partial charge in [0.2, 0.25) is 0 Å². The number of hydrogen-bond donors (Lipinski definition) is 4. The van der Waals surface area contributed by atoms with E-state index in [2.05, 4.69) is 0 Å². The normalized spacial score (nSPS) is 9.33. The summed E-state index contributed by atoms with van der Waals surface area (Å²) in [7, 11) is 0. The smallest absolute Gasteiger partial charge is 0.155 e. The summed E-state index contributed by atoms with van der Waals surface area (Å²) < 4.78 is 0. The maximum atomic E-state index is 6.85. The number of hydrogen-bond acceptors (Lipinski definition) is 4. The second-order valence-corrected chi connectivity index (χ2v) is 3.54. The molecule has 0 spiro atoms. The van der Waals surface area contributed by atoms with Gasteiger partial charge in [-0.3, -0.25) is 10.8 Å². The Hall–Kier alpha value is -0.140. The van der Waals surface area contributed by atoms with Crippen molar-refractivity contribution >= 4 is 50.8 Å². The summed E-state index contributed by atoms with van der Waals surface area (Å²) in [5.41, 5.74) is 10.1. The van der Waals surface area contributed by atoms with E-state index in [4.69, 9.17) is 22.3 Å². The molecule has 0 aromatic heterocycles. The topological polar surface area (TPSA) is 99.7 Å². The van der Waals surface area contributed by atoms with Crippen LogP contribution in [0, 0.1) is 10.8 Å². The van der Waals surface area contributed by atoms with Crippen LogP contribution in [0.25, 0.3) is 0 Å². The first kappa shape index (κ1) is 14.4. The van der Waals surface area contributed by atoms with E-state index in [-0.39, 0.29) is 27.3 Å². The third kappa shape index (κ3) is 12.5. The zero-order chi connectivity index (χ0) is 8.69. The zero-order valence-corrected chi connectivity index (χ0v) is 9.59. The van der Waals surface area contributed by atoms with Crippen LogP contribution in [0.1, 0.15) is 0 Å². The Morgan fingerprint density at radius 2 is 1.83 bits per heavy atom. The van der Waals surface area contributed by atoms with Crippen LogP contribution in [0.3, 0.4) is 0 Å². The van der Waals surface area contributed by atoms with Gasteiger partial charge in [0.1, 0.15) is 0 Å². The highest BCUT2D eigenvalue weighted by molar-refractivity contribution is 8.93. The van der Waals surface area contributed by atoms with Crippen molar-refractivity contribution in [3.05, 3.63) is 11.5 Å². The Balaban J connectivity index is 0. The zero-order valence-electron chi connectivity index (χ0n) is 6.24. The van der Waals surface area contributed by atoms with Crippen LogP contribution < -0.4 is 11.5 Å². The summed E-state index contributed by atoms with van der Waals surface area (Å²) in [6, 6.07) is 0. The van der Waals surface area contributed by atoms with Gasteiger partial charge < -0.3 is 11.5 Å². The van der Waals surface area contributed by atoms with Crippen LogP contribution >= 0.6 is 40.5 Å². The molecular formula is C5H11BrN4S2. The van der Waals surface area contributed by atoms with Gasteiger partial charge in [0.25, 0.3) is 0 Å². The number of amidine groups is 2. The Kier molecular flexibility index (Phi) is 10.7. The Labute approximate surface area is 90.3 Å². The molecule has 0 aliphatic carbocycles. The molecule has 0 aromatic rings. The Morgan fingerprint density at radius 3 is 2.25 bits per heavy atom. The molecule has 4 nitrogen and oxygen atoms in total. The number of thioether (sulfide) groups is 2. The van der Waals surface area contributed by atoms with Crippen LogP contribution in [0.2, 0.25) is 0 Å². The monoisotopic (exact) mass is 270 g/mol.